The number of hydrogen-bond acceptors (Lipinski definition) is 3. The van der Waals surface area contributed by atoms with Gasteiger partial charge in [0.1, 0.15) is 11.6 Å². The quantitative estimate of drug-likeness (QED) is 0.694. The summed E-state index contributed by atoms with van der Waals surface area (Å²) >= 11 is 5.76. The molecule has 2 aromatic rings. The first-order valence-electron chi connectivity index (χ1n) is 5.78. The molecule has 2 rings (SSSR count). The molecule has 1 N–H and O–H groups in total. The van der Waals surface area contributed by atoms with Crippen molar-refractivity contribution in [2.75, 3.05) is 5.32 Å². The molecule has 0 unspecified atom stereocenters. The van der Waals surface area contributed by atoms with Gasteiger partial charge in [0.25, 0.3) is 5.91 Å². The molecule has 0 aliphatic rings. The molecule has 0 aliphatic carbocycles. The highest BCUT2D eigenvalue weighted by atomic mass is 35.5. The summed E-state index contributed by atoms with van der Waals surface area (Å²) in [5.41, 5.74) is 1.27. The molecule has 0 saturated carbocycles. The number of carbonyl (C=O) groups excluding carboxylic acids is 1. The number of halogens is 1. The maximum Gasteiger partial charge on any atom is 0.266 e. The van der Waals surface area contributed by atoms with Gasteiger partial charge in [-0.1, -0.05) is 17.7 Å². The van der Waals surface area contributed by atoms with Crippen molar-refractivity contribution in [3.05, 3.63) is 65.0 Å². The number of nitrogens with one attached hydrogen (secondary N) is 1. The summed E-state index contributed by atoms with van der Waals surface area (Å²) in [6.07, 6.45) is 4.68. The van der Waals surface area contributed by atoms with E-state index in [9.17, 15) is 4.79 Å². The minimum Gasteiger partial charge on any atom is -0.321 e. The van der Waals surface area contributed by atoms with Crippen molar-refractivity contribution in [2.45, 2.75) is 0 Å². The highest BCUT2D eigenvalue weighted by Crippen LogP contribution is 2.14. The zero-order valence-electron chi connectivity index (χ0n) is 10.4. The van der Waals surface area contributed by atoms with Crippen molar-refractivity contribution in [3.8, 4) is 6.07 Å². The van der Waals surface area contributed by atoms with E-state index in [1.165, 1.54) is 6.08 Å². The third-order valence-electron chi connectivity index (χ3n) is 2.46. The Morgan fingerprint density at radius 3 is 2.65 bits per heavy atom. The fourth-order valence-electron chi connectivity index (χ4n) is 1.51. The SMILES string of the molecule is N#C/C(=C\c1cccnc1)C(=O)Nc1ccc(Cl)cc1. The highest BCUT2D eigenvalue weighted by Gasteiger charge is 2.09. The number of hydrogen-bond donors (Lipinski definition) is 1. The minimum atomic E-state index is -0.473. The second-order valence-electron chi connectivity index (χ2n) is 3.92. The molecule has 0 atom stereocenters. The minimum absolute atomic E-state index is 0.00736. The van der Waals surface area contributed by atoms with Crippen LogP contribution >= 0.6 is 11.6 Å². The van der Waals surface area contributed by atoms with E-state index in [-0.39, 0.29) is 5.57 Å². The summed E-state index contributed by atoms with van der Waals surface area (Å²) in [5, 5.41) is 12.3. The van der Waals surface area contributed by atoms with Gasteiger partial charge in [0.2, 0.25) is 0 Å². The first kappa shape index (κ1) is 13.8. The fourth-order valence-corrected chi connectivity index (χ4v) is 1.63. The van der Waals surface area contributed by atoms with Crippen molar-refractivity contribution in [1.82, 2.24) is 4.98 Å². The van der Waals surface area contributed by atoms with Gasteiger partial charge in [0, 0.05) is 23.1 Å². The number of carbonyl (C=O) groups is 1. The van der Waals surface area contributed by atoms with Gasteiger partial charge in [-0.05, 0) is 42.0 Å². The van der Waals surface area contributed by atoms with Crippen LogP contribution in [0.2, 0.25) is 5.02 Å². The Kier molecular flexibility index (Phi) is 4.48. The molecule has 0 radical (unpaired) electrons. The van der Waals surface area contributed by atoms with E-state index in [1.54, 1.807) is 48.8 Å². The van der Waals surface area contributed by atoms with Crippen LogP contribution in [-0.4, -0.2) is 10.9 Å². The third kappa shape index (κ3) is 3.67. The van der Waals surface area contributed by atoms with Crippen molar-refractivity contribution in [3.63, 3.8) is 0 Å². The smallest absolute Gasteiger partial charge is 0.266 e. The molecule has 1 aromatic carbocycles. The van der Waals surface area contributed by atoms with Gasteiger partial charge in [-0.15, -0.1) is 0 Å². The molecule has 1 heterocycles. The fraction of sp³-hybridized carbons (Fsp3) is 0. The normalized spacial score (nSPS) is 10.7. The molecule has 0 saturated heterocycles. The molecule has 5 heteroatoms. The molecule has 20 heavy (non-hydrogen) atoms. The molecule has 98 valence electrons. The lowest BCUT2D eigenvalue weighted by atomic mass is 10.1. The number of anilines is 1. The van der Waals surface area contributed by atoms with Gasteiger partial charge in [-0.25, -0.2) is 0 Å². The van der Waals surface area contributed by atoms with E-state index in [4.69, 9.17) is 16.9 Å². The summed E-state index contributed by atoms with van der Waals surface area (Å²) in [4.78, 5) is 15.9. The Balaban J connectivity index is 2.16. The average Bonchev–Trinajstić information content (AvgIpc) is 2.48. The summed E-state index contributed by atoms with van der Waals surface area (Å²) in [5.74, 6) is -0.473. The maximum absolute atomic E-state index is 12.0. The van der Waals surface area contributed by atoms with Gasteiger partial charge < -0.3 is 5.32 Å². The van der Waals surface area contributed by atoms with Gasteiger partial charge in [-0.3, -0.25) is 9.78 Å². The molecular weight excluding hydrogens is 274 g/mol. The molecule has 1 aromatic heterocycles. The van der Waals surface area contributed by atoms with Crippen LogP contribution in [0.25, 0.3) is 6.08 Å². The first-order valence-corrected chi connectivity index (χ1v) is 6.15. The third-order valence-corrected chi connectivity index (χ3v) is 2.71. The lowest BCUT2D eigenvalue weighted by Gasteiger charge is -2.04. The predicted octanol–water partition coefficient (Wildman–Crippen LogP) is 3.28. The highest BCUT2D eigenvalue weighted by molar-refractivity contribution is 6.30. The second-order valence-corrected chi connectivity index (χ2v) is 4.35. The molecule has 4 nitrogen and oxygen atoms in total. The van der Waals surface area contributed by atoms with Crippen LogP contribution in [0.1, 0.15) is 5.56 Å². The number of aromatic nitrogens is 1. The largest absolute Gasteiger partial charge is 0.321 e. The summed E-state index contributed by atoms with van der Waals surface area (Å²) < 4.78 is 0. The number of benzene rings is 1. The number of nitriles is 1. The van der Waals surface area contributed by atoms with E-state index < -0.39 is 5.91 Å². The van der Waals surface area contributed by atoms with Crippen LogP contribution in [0.5, 0.6) is 0 Å². The zero-order valence-corrected chi connectivity index (χ0v) is 11.1. The summed E-state index contributed by atoms with van der Waals surface area (Å²) in [6, 6.07) is 12.0. The van der Waals surface area contributed by atoms with Crippen LogP contribution in [0, 0.1) is 11.3 Å². The Morgan fingerprint density at radius 1 is 1.30 bits per heavy atom. The van der Waals surface area contributed by atoms with Gasteiger partial charge in [-0.2, -0.15) is 5.26 Å². The molecule has 0 aliphatic heterocycles. The standard InChI is InChI=1S/C15H10ClN3O/c16-13-3-5-14(6-4-13)19-15(20)12(9-17)8-11-2-1-7-18-10-11/h1-8,10H,(H,19,20)/b12-8+. The van der Waals surface area contributed by atoms with Crippen molar-refractivity contribution in [1.29, 1.82) is 5.26 Å². The zero-order chi connectivity index (χ0) is 14.4. The molecular formula is C15H10ClN3O. The van der Waals surface area contributed by atoms with E-state index in [2.05, 4.69) is 10.3 Å². The second kappa shape index (κ2) is 6.50. The van der Waals surface area contributed by atoms with Crippen LogP contribution in [-0.2, 0) is 4.79 Å². The summed E-state index contributed by atoms with van der Waals surface area (Å²) in [7, 11) is 0. The first-order chi connectivity index (χ1) is 9.69. The molecule has 0 fully saturated rings. The maximum atomic E-state index is 12.0. The molecule has 1 amide bonds. The van der Waals surface area contributed by atoms with E-state index >= 15 is 0 Å². The summed E-state index contributed by atoms with van der Waals surface area (Å²) in [6.45, 7) is 0. The van der Waals surface area contributed by atoms with E-state index in [1.807, 2.05) is 6.07 Å². The lowest BCUT2D eigenvalue weighted by Crippen LogP contribution is -2.13. The van der Waals surface area contributed by atoms with Gasteiger partial charge >= 0.3 is 0 Å². The van der Waals surface area contributed by atoms with Crippen LogP contribution in [0.3, 0.4) is 0 Å². The van der Waals surface area contributed by atoms with E-state index in [0.29, 0.717) is 16.3 Å². The van der Waals surface area contributed by atoms with Crippen LogP contribution in [0.4, 0.5) is 5.69 Å². The Bertz CT molecular complexity index is 673. The Labute approximate surface area is 121 Å². The van der Waals surface area contributed by atoms with Crippen LogP contribution < -0.4 is 5.32 Å². The molecule has 0 spiro atoms. The number of amides is 1. The van der Waals surface area contributed by atoms with Crippen molar-refractivity contribution >= 4 is 29.3 Å². The Hall–Kier alpha value is -2.64. The van der Waals surface area contributed by atoms with Crippen LogP contribution in [0.15, 0.2) is 54.4 Å². The average molecular weight is 284 g/mol. The van der Waals surface area contributed by atoms with E-state index in [0.717, 1.165) is 0 Å². The lowest BCUT2D eigenvalue weighted by molar-refractivity contribution is -0.112. The number of rotatable bonds is 3. The number of pyridine rings is 1. The van der Waals surface area contributed by atoms with Gasteiger partial charge in [0.15, 0.2) is 0 Å². The predicted molar refractivity (Wildman–Crippen MR) is 77.9 cm³/mol. The van der Waals surface area contributed by atoms with Gasteiger partial charge in [0.05, 0.1) is 0 Å². The van der Waals surface area contributed by atoms with Crippen molar-refractivity contribution < 1.29 is 4.79 Å². The molecule has 0 bridgehead atoms. The Morgan fingerprint density at radius 2 is 2.05 bits per heavy atom. The number of nitrogens with zero attached hydrogens (tertiary/aromatic N) is 2. The monoisotopic (exact) mass is 283 g/mol. The van der Waals surface area contributed by atoms with Crippen molar-refractivity contribution in [2.24, 2.45) is 0 Å². The topological polar surface area (TPSA) is 65.8 Å².